The van der Waals surface area contributed by atoms with Gasteiger partial charge in [-0.25, -0.2) is 0 Å². The minimum absolute atomic E-state index is 0.0654. The molecule has 0 aliphatic heterocycles. The van der Waals surface area contributed by atoms with E-state index in [-0.39, 0.29) is 21.7 Å². The van der Waals surface area contributed by atoms with Gasteiger partial charge in [0.25, 0.3) is 0 Å². The molecule has 61 heavy (non-hydrogen) atoms. The van der Waals surface area contributed by atoms with Gasteiger partial charge in [0, 0.05) is 21.7 Å². The second-order valence-corrected chi connectivity index (χ2v) is 19.8. The van der Waals surface area contributed by atoms with Crippen LogP contribution in [0.25, 0.3) is 44.5 Å². The lowest BCUT2D eigenvalue weighted by atomic mass is 9.61. The van der Waals surface area contributed by atoms with Crippen molar-refractivity contribution in [3.8, 4) is 22.3 Å². The average molecular weight is 787 g/mol. The lowest BCUT2D eigenvalue weighted by molar-refractivity contribution is 0.548. The van der Waals surface area contributed by atoms with Crippen LogP contribution in [-0.2, 0) is 16.2 Å². The number of fused-ring (bicyclic) bond motifs is 9. The Balaban J connectivity index is 1.16. The number of benzene rings is 6. The van der Waals surface area contributed by atoms with Gasteiger partial charge in [-0.2, -0.15) is 0 Å². The molecule has 0 bridgehead atoms. The van der Waals surface area contributed by atoms with Gasteiger partial charge in [0.15, 0.2) is 0 Å². The van der Waals surface area contributed by atoms with Crippen molar-refractivity contribution in [2.45, 2.75) is 78.1 Å². The Kier molecular flexibility index (Phi) is 7.97. The highest BCUT2D eigenvalue weighted by atomic mass is 14.5. The van der Waals surface area contributed by atoms with Crippen LogP contribution < -0.4 is 10.4 Å². The summed E-state index contributed by atoms with van der Waals surface area (Å²) in [7, 11) is 0. The van der Waals surface area contributed by atoms with Gasteiger partial charge in [-0.05, 0) is 154 Å². The van der Waals surface area contributed by atoms with Crippen molar-refractivity contribution in [2.75, 3.05) is 0 Å². The summed E-state index contributed by atoms with van der Waals surface area (Å²) in [5, 5.41) is 2.64. The van der Waals surface area contributed by atoms with E-state index < -0.39 is 0 Å². The van der Waals surface area contributed by atoms with Crippen molar-refractivity contribution >= 4 is 22.3 Å². The molecule has 0 spiro atoms. The SMILES string of the molecule is C=CC1=C(/C=C\C)c2ccc(C3=c4ccccc4=C(c4ccc5c(c4)C(C)(C)c4ccccc4-5)C4=CC(c5ccc6c(c5)C(C)(C)c5ccccc5-6)=CCC43C)cc2C1(C)C. The van der Waals surface area contributed by atoms with Gasteiger partial charge in [0.1, 0.15) is 0 Å². The maximum Gasteiger partial charge on any atom is 0.0228 e. The molecule has 0 saturated heterocycles. The van der Waals surface area contributed by atoms with Crippen LogP contribution in [0.2, 0.25) is 0 Å². The van der Waals surface area contributed by atoms with E-state index in [1.54, 1.807) is 0 Å². The van der Waals surface area contributed by atoms with Crippen LogP contribution >= 0.6 is 0 Å². The Labute approximate surface area is 362 Å². The van der Waals surface area contributed by atoms with E-state index in [2.05, 4.69) is 220 Å². The number of hydrogen-bond donors (Lipinski definition) is 0. The Morgan fingerprint density at radius 1 is 0.508 bits per heavy atom. The van der Waals surface area contributed by atoms with Crippen molar-refractivity contribution in [3.63, 3.8) is 0 Å². The summed E-state index contributed by atoms with van der Waals surface area (Å²) in [5.74, 6) is 0. The third kappa shape index (κ3) is 5.06. The zero-order valence-electron chi connectivity index (χ0n) is 36.9. The lowest BCUT2D eigenvalue weighted by Crippen LogP contribution is -2.42. The predicted molar refractivity (Wildman–Crippen MR) is 259 cm³/mol. The molecular weight excluding hydrogens is 733 g/mol. The van der Waals surface area contributed by atoms with Crippen molar-refractivity contribution in [1.29, 1.82) is 0 Å². The van der Waals surface area contributed by atoms with Gasteiger partial charge < -0.3 is 0 Å². The van der Waals surface area contributed by atoms with Crippen molar-refractivity contribution in [3.05, 3.63) is 236 Å². The summed E-state index contributed by atoms with van der Waals surface area (Å²) >= 11 is 0. The van der Waals surface area contributed by atoms with E-state index in [1.165, 1.54) is 116 Å². The van der Waals surface area contributed by atoms with Crippen molar-refractivity contribution in [1.82, 2.24) is 0 Å². The molecule has 0 radical (unpaired) electrons. The van der Waals surface area contributed by atoms with Gasteiger partial charge in [-0.3, -0.25) is 0 Å². The second kappa shape index (κ2) is 12.9. The van der Waals surface area contributed by atoms with Crippen LogP contribution in [0.1, 0.15) is 112 Å². The molecule has 0 fully saturated rings. The molecule has 0 aromatic heterocycles. The van der Waals surface area contributed by atoms with Gasteiger partial charge in [-0.15, -0.1) is 0 Å². The lowest BCUT2D eigenvalue weighted by Gasteiger charge is -2.42. The molecule has 0 heteroatoms. The molecule has 11 rings (SSSR count). The molecule has 6 aromatic carbocycles. The van der Waals surface area contributed by atoms with E-state index >= 15 is 0 Å². The van der Waals surface area contributed by atoms with Crippen LogP contribution in [0.15, 0.2) is 175 Å². The maximum atomic E-state index is 4.30. The van der Waals surface area contributed by atoms with Crippen LogP contribution in [0.3, 0.4) is 0 Å². The normalized spacial score (nSPS) is 20.6. The third-order valence-electron chi connectivity index (χ3n) is 15.5. The summed E-state index contributed by atoms with van der Waals surface area (Å²) in [6.07, 6.45) is 12.5. The van der Waals surface area contributed by atoms with E-state index in [0.29, 0.717) is 0 Å². The first-order valence-corrected chi connectivity index (χ1v) is 22.2. The number of allylic oxidation sites excluding steroid dienone is 9. The van der Waals surface area contributed by atoms with Gasteiger partial charge >= 0.3 is 0 Å². The van der Waals surface area contributed by atoms with Crippen LogP contribution in [0.4, 0.5) is 0 Å². The maximum absolute atomic E-state index is 4.30. The molecule has 0 nitrogen and oxygen atoms in total. The standard InChI is InChI=1S/C61H54/c1-10-18-41-44-30-27-40(36-54(44)58(3,4)49(41)11-2)57-48-22-13-12-21-47(48)56(39-26-29-46-43-20-15-17-24-51(43)60(7,8)53(46)35-39)55-34-38(31-32-61(55,57)9)37-25-28-45-42-19-14-16-23-50(42)59(5,6)52(45)33-37/h10-31,33-36H,2,32H2,1,3-9H3/b18-10-. The van der Waals surface area contributed by atoms with E-state index in [9.17, 15) is 0 Å². The Hall–Kier alpha value is -6.24. The topological polar surface area (TPSA) is 0 Å². The minimum Gasteiger partial charge on any atom is -0.0987 e. The van der Waals surface area contributed by atoms with Gasteiger partial charge in [0.2, 0.25) is 0 Å². The summed E-state index contributed by atoms with van der Waals surface area (Å²) in [6.45, 7) is 23.2. The fraction of sp³-hybridized carbons (Fsp3) is 0.213. The molecule has 1 unspecified atom stereocenters. The second-order valence-electron chi connectivity index (χ2n) is 19.8. The molecule has 0 N–H and O–H groups in total. The molecule has 298 valence electrons. The van der Waals surface area contributed by atoms with E-state index in [4.69, 9.17) is 0 Å². The predicted octanol–water partition coefficient (Wildman–Crippen LogP) is 13.9. The first-order valence-electron chi connectivity index (χ1n) is 22.2. The van der Waals surface area contributed by atoms with Gasteiger partial charge in [0.05, 0.1) is 0 Å². The molecule has 0 heterocycles. The van der Waals surface area contributed by atoms with E-state index in [0.717, 1.165) is 6.42 Å². The van der Waals surface area contributed by atoms with Crippen molar-refractivity contribution < 1.29 is 0 Å². The highest BCUT2D eigenvalue weighted by Gasteiger charge is 2.44. The zero-order chi connectivity index (χ0) is 42.2. The van der Waals surface area contributed by atoms with Crippen LogP contribution in [0.5, 0.6) is 0 Å². The summed E-state index contributed by atoms with van der Waals surface area (Å²) in [4.78, 5) is 0. The first-order chi connectivity index (χ1) is 29.3. The van der Waals surface area contributed by atoms with Crippen LogP contribution in [-0.4, -0.2) is 0 Å². The number of rotatable bonds is 5. The Morgan fingerprint density at radius 3 is 1.66 bits per heavy atom. The molecule has 0 saturated carbocycles. The highest BCUT2D eigenvalue weighted by Crippen LogP contribution is 2.56. The minimum atomic E-state index is -0.297. The first kappa shape index (κ1) is 37.7. The largest absolute Gasteiger partial charge is 0.0987 e. The summed E-state index contributed by atoms with van der Waals surface area (Å²) in [6, 6.07) is 49.1. The smallest absolute Gasteiger partial charge is 0.0228 e. The van der Waals surface area contributed by atoms with Crippen LogP contribution in [0, 0.1) is 5.41 Å². The fourth-order valence-corrected chi connectivity index (χ4v) is 12.3. The molecular formula is C61H54. The zero-order valence-corrected chi connectivity index (χ0v) is 36.9. The quantitative estimate of drug-likeness (QED) is 0.163. The van der Waals surface area contributed by atoms with E-state index in [1.807, 2.05) is 0 Å². The molecule has 6 aromatic rings. The molecule has 5 aliphatic carbocycles. The Bertz CT molecular complexity index is 3210. The van der Waals surface area contributed by atoms with Crippen molar-refractivity contribution in [2.24, 2.45) is 5.41 Å². The number of hydrogen-bond acceptors (Lipinski definition) is 0. The molecule has 1 atom stereocenters. The third-order valence-corrected chi connectivity index (χ3v) is 15.5. The molecule has 5 aliphatic rings. The highest BCUT2D eigenvalue weighted by molar-refractivity contribution is 5.97. The summed E-state index contributed by atoms with van der Waals surface area (Å²) in [5.41, 5.74) is 25.1. The molecule has 0 amide bonds. The van der Waals surface area contributed by atoms with Gasteiger partial charge in [-0.1, -0.05) is 189 Å². The monoisotopic (exact) mass is 786 g/mol. The summed E-state index contributed by atoms with van der Waals surface area (Å²) < 4.78 is 0. The Morgan fingerprint density at radius 2 is 1.02 bits per heavy atom. The fourth-order valence-electron chi connectivity index (χ4n) is 12.3. The average Bonchev–Trinajstić information content (AvgIpc) is 3.73.